The molecule has 6 heteroatoms. The Bertz CT molecular complexity index is 1110. The lowest BCUT2D eigenvalue weighted by molar-refractivity contribution is -0.167. The molecule has 1 atom stereocenters. The second kappa shape index (κ2) is 46.5. The van der Waals surface area contributed by atoms with Crippen LogP contribution in [0.15, 0.2) is 72.9 Å². The number of carbonyl (C=O) groups is 3. The standard InChI is InChI=1S/C52H88O6/c1-4-7-10-13-16-19-22-24-25-26-27-28-29-31-33-36-39-42-45-51(54)57-48-49(47-56-50(53)44-41-38-35-32-21-18-15-12-9-6-3)58-52(55)46-43-40-37-34-30-23-20-17-14-11-8-5-2/h8,11,15,17-18,20,22,24-28,49H,4-7,9-10,12-14,16,19,21,23,29-48H2,1-3H3/b11-8-,18-15-,20-17-,24-22-,26-25-,28-27-. The van der Waals surface area contributed by atoms with Gasteiger partial charge in [0.2, 0.25) is 0 Å². The summed E-state index contributed by atoms with van der Waals surface area (Å²) in [4.78, 5) is 37.8. The van der Waals surface area contributed by atoms with Gasteiger partial charge in [-0.2, -0.15) is 0 Å². The fourth-order valence-corrected chi connectivity index (χ4v) is 6.34. The van der Waals surface area contributed by atoms with Crippen molar-refractivity contribution in [3.05, 3.63) is 72.9 Å². The van der Waals surface area contributed by atoms with Gasteiger partial charge in [-0.05, 0) is 89.9 Å². The molecule has 0 rings (SSSR count). The van der Waals surface area contributed by atoms with E-state index in [-0.39, 0.29) is 31.1 Å². The first-order valence-corrected chi connectivity index (χ1v) is 24.0. The van der Waals surface area contributed by atoms with Crippen LogP contribution in [0.5, 0.6) is 0 Å². The Balaban J connectivity index is 4.41. The lowest BCUT2D eigenvalue weighted by atomic mass is 10.1. The lowest BCUT2D eigenvalue weighted by Crippen LogP contribution is -2.30. The normalized spacial score (nSPS) is 12.7. The first-order chi connectivity index (χ1) is 28.5. The molecule has 0 aliphatic carbocycles. The van der Waals surface area contributed by atoms with Crippen LogP contribution in [0.2, 0.25) is 0 Å². The maximum atomic E-state index is 12.7. The molecule has 0 aliphatic rings. The predicted molar refractivity (Wildman–Crippen MR) is 247 cm³/mol. The molecule has 0 aromatic carbocycles. The van der Waals surface area contributed by atoms with E-state index >= 15 is 0 Å². The lowest BCUT2D eigenvalue weighted by Gasteiger charge is -2.18. The van der Waals surface area contributed by atoms with Crippen LogP contribution in [0.1, 0.15) is 220 Å². The van der Waals surface area contributed by atoms with E-state index in [0.717, 1.165) is 135 Å². The van der Waals surface area contributed by atoms with Crippen molar-refractivity contribution in [2.45, 2.75) is 226 Å². The van der Waals surface area contributed by atoms with E-state index < -0.39 is 6.10 Å². The summed E-state index contributed by atoms with van der Waals surface area (Å²) >= 11 is 0. The highest BCUT2D eigenvalue weighted by molar-refractivity contribution is 5.71. The third-order valence-electron chi connectivity index (χ3n) is 9.98. The molecule has 6 nitrogen and oxygen atoms in total. The number of carbonyl (C=O) groups excluding carboxylic acids is 3. The number of esters is 3. The quantitative estimate of drug-likeness (QED) is 0.0201. The van der Waals surface area contributed by atoms with Crippen molar-refractivity contribution in [1.82, 2.24) is 0 Å². The number of unbranched alkanes of at least 4 members (excludes halogenated alkanes) is 21. The number of ether oxygens (including phenoxy) is 3. The summed E-state index contributed by atoms with van der Waals surface area (Å²) in [5.41, 5.74) is 0. The number of hydrogen-bond donors (Lipinski definition) is 0. The average molecular weight is 809 g/mol. The molecular formula is C52H88O6. The summed E-state index contributed by atoms with van der Waals surface area (Å²) in [6.45, 7) is 6.41. The topological polar surface area (TPSA) is 78.9 Å². The Morgan fingerprint density at radius 3 is 1.24 bits per heavy atom. The summed E-state index contributed by atoms with van der Waals surface area (Å²) in [5, 5.41) is 0. The van der Waals surface area contributed by atoms with Gasteiger partial charge in [-0.15, -0.1) is 0 Å². The monoisotopic (exact) mass is 809 g/mol. The molecule has 0 aromatic heterocycles. The smallest absolute Gasteiger partial charge is 0.306 e. The molecule has 0 heterocycles. The molecule has 58 heavy (non-hydrogen) atoms. The van der Waals surface area contributed by atoms with Crippen LogP contribution in [0.4, 0.5) is 0 Å². The van der Waals surface area contributed by atoms with Crippen LogP contribution in [0, 0.1) is 0 Å². The van der Waals surface area contributed by atoms with E-state index in [4.69, 9.17) is 14.2 Å². The molecule has 0 saturated carbocycles. The molecule has 0 saturated heterocycles. The second-order valence-electron chi connectivity index (χ2n) is 15.7. The Morgan fingerprint density at radius 2 is 0.759 bits per heavy atom. The average Bonchev–Trinajstić information content (AvgIpc) is 3.22. The number of hydrogen-bond acceptors (Lipinski definition) is 6. The van der Waals surface area contributed by atoms with Gasteiger partial charge < -0.3 is 14.2 Å². The first kappa shape index (κ1) is 54.9. The molecule has 0 fully saturated rings. The van der Waals surface area contributed by atoms with Crippen molar-refractivity contribution in [2.24, 2.45) is 0 Å². The van der Waals surface area contributed by atoms with E-state index in [1.807, 2.05) is 0 Å². The van der Waals surface area contributed by atoms with Crippen molar-refractivity contribution < 1.29 is 28.6 Å². The van der Waals surface area contributed by atoms with E-state index in [9.17, 15) is 14.4 Å². The van der Waals surface area contributed by atoms with Gasteiger partial charge >= 0.3 is 17.9 Å². The molecule has 0 aliphatic heterocycles. The molecule has 0 amide bonds. The minimum absolute atomic E-state index is 0.0949. The number of allylic oxidation sites excluding steroid dienone is 12. The van der Waals surface area contributed by atoms with E-state index in [1.54, 1.807) is 0 Å². The van der Waals surface area contributed by atoms with Crippen LogP contribution >= 0.6 is 0 Å². The zero-order chi connectivity index (χ0) is 42.3. The van der Waals surface area contributed by atoms with Crippen molar-refractivity contribution in [3.8, 4) is 0 Å². The fourth-order valence-electron chi connectivity index (χ4n) is 6.34. The van der Waals surface area contributed by atoms with Gasteiger partial charge in [0.05, 0.1) is 0 Å². The largest absolute Gasteiger partial charge is 0.462 e. The summed E-state index contributed by atoms with van der Waals surface area (Å²) in [6.07, 6.45) is 57.4. The number of rotatable bonds is 42. The van der Waals surface area contributed by atoms with Crippen molar-refractivity contribution in [3.63, 3.8) is 0 Å². The maximum absolute atomic E-state index is 12.7. The summed E-state index contributed by atoms with van der Waals surface area (Å²) < 4.78 is 16.7. The van der Waals surface area contributed by atoms with E-state index in [0.29, 0.717) is 19.3 Å². The molecule has 0 aromatic rings. The Morgan fingerprint density at radius 1 is 0.379 bits per heavy atom. The molecule has 0 bridgehead atoms. The first-order valence-electron chi connectivity index (χ1n) is 24.0. The molecule has 0 radical (unpaired) electrons. The molecule has 332 valence electrons. The van der Waals surface area contributed by atoms with Gasteiger partial charge in [0.1, 0.15) is 13.2 Å². The van der Waals surface area contributed by atoms with Crippen molar-refractivity contribution in [1.29, 1.82) is 0 Å². The van der Waals surface area contributed by atoms with Gasteiger partial charge in [0, 0.05) is 19.3 Å². The van der Waals surface area contributed by atoms with E-state index in [2.05, 4.69) is 93.7 Å². The van der Waals surface area contributed by atoms with Crippen LogP contribution in [-0.2, 0) is 28.6 Å². The van der Waals surface area contributed by atoms with Gasteiger partial charge in [-0.1, -0.05) is 184 Å². The maximum Gasteiger partial charge on any atom is 0.306 e. The van der Waals surface area contributed by atoms with Gasteiger partial charge in [-0.3, -0.25) is 14.4 Å². The van der Waals surface area contributed by atoms with Gasteiger partial charge in [0.25, 0.3) is 0 Å². The van der Waals surface area contributed by atoms with Crippen molar-refractivity contribution in [2.75, 3.05) is 13.2 Å². The predicted octanol–water partition coefficient (Wildman–Crippen LogP) is 15.5. The molecule has 1 unspecified atom stereocenters. The highest BCUT2D eigenvalue weighted by Crippen LogP contribution is 2.13. The fraction of sp³-hybridized carbons (Fsp3) is 0.712. The SMILES string of the molecule is CC/C=C\C/C=C\CCCCCCCC(=O)OC(COC(=O)CCCCCC/C=C\CCCC)COC(=O)CCCCCCC\C=C/C=C\C=C/CCCCCCC. The summed E-state index contributed by atoms with van der Waals surface area (Å²) in [7, 11) is 0. The van der Waals surface area contributed by atoms with Crippen molar-refractivity contribution >= 4 is 17.9 Å². The highest BCUT2D eigenvalue weighted by atomic mass is 16.6. The second-order valence-corrected chi connectivity index (χ2v) is 15.7. The van der Waals surface area contributed by atoms with Crippen LogP contribution in [0.25, 0.3) is 0 Å². The Labute approximate surface area is 357 Å². The molecule has 0 N–H and O–H groups in total. The van der Waals surface area contributed by atoms with Crippen LogP contribution in [0.3, 0.4) is 0 Å². The Hall–Kier alpha value is -3.15. The summed E-state index contributed by atoms with van der Waals surface area (Å²) in [5.74, 6) is -0.947. The zero-order valence-corrected chi connectivity index (χ0v) is 37.8. The molecule has 0 spiro atoms. The van der Waals surface area contributed by atoms with Gasteiger partial charge in [-0.25, -0.2) is 0 Å². The summed E-state index contributed by atoms with van der Waals surface area (Å²) in [6, 6.07) is 0. The minimum atomic E-state index is -0.793. The zero-order valence-electron chi connectivity index (χ0n) is 37.8. The van der Waals surface area contributed by atoms with E-state index in [1.165, 1.54) is 44.9 Å². The minimum Gasteiger partial charge on any atom is -0.462 e. The van der Waals surface area contributed by atoms with Crippen LogP contribution in [-0.4, -0.2) is 37.2 Å². The third kappa shape index (κ3) is 44.0. The molecular weight excluding hydrogens is 721 g/mol. The van der Waals surface area contributed by atoms with Gasteiger partial charge in [0.15, 0.2) is 6.10 Å². The Kier molecular flexibility index (Phi) is 44.0. The highest BCUT2D eigenvalue weighted by Gasteiger charge is 2.19. The third-order valence-corrected chi connectivity index (χ3v) is 9.98. The van der Waals surface area contributed by atoms with Crippen LogP contribution < -0.4 is 0 Å².